The van der Waals surface area contributed by atoms with Gasteiger partial charge in [-0.15, -0.1) is 23.7 Å². The molecule has 2 N–H and O–H groups in total. The first-order valence-electron chi connectivity index (χ1n) is 7.37. The van der Waals surface area contributed by atoms with E-state index in [1.165, 1.54) is 17.4 Å². The number of nitro groups is 1. The van der Waals surface area contributed by atoms with Crippen molar-refractivity contribution in [3.63, 3.8) is 0 Å². The molecule has 2 aromatic heterocycles. The third-order valence-electron chi connectivity index (χ3n) is 4.29. The van der Waals surface area contributed by atoms with Gasteiger partial charge in [-0.25, -0.2) is 0 Å². The zero-order valence-corrected chi connectivity index (χ0v) is 14.2. The maximum atomic E-state index is 10.9. The number of nitro benzene ring substituents is 1. The minimum atomic E-state index is -0.489. The van der Waals surface area contributed by atoms with Gasteiger partial charge in [0, 0.05) is 22.2 Å². The Labute approximate surface area is 147 Å². The molecule has 0 aliphatic heterocycles. The Morgan fingerprint density at radius 1 is 1.29 bits per heavy atom. The molecule has 1 aliphatic carbocycles. The van der Waals surface area contributed by atoms with Gasteiger partial charge in [0.25, 0.3) is 11.6 Å². The zero-order valence-electron chi connectivity index (χ0n) is 12.6. The molecule has 4 rings (SSSR count). The van der Waals surface area contributed by atoms with Crippen LogP contribution < -0.4 is 5.73 Å². The summed E-state index contributed by atoms with van der Waals surface area (Å²) in [4.78, 5) is 15.7. The van der Waals surface area contributed by atoms with Crippen LogP contribution in [-0.4, -0.2) is 15.1 Å². The smallest absolute Gasteiger partial charge is 0.270 e. The molecule has 2 heterocycles. The third kappa shape index (κ3) is 2.77. The first-order chi connectivity index (χ1) is 11.0. The zero-order chi connectivity index (χ0) is 16.0. The largest absolute Gasteiger partial charge is 0.333 e. The van der Waals surface area contributed by atoms with Gasteiger partial charge in [0.05, 0.1) is 15.3 Å². The molecular weight excluding hydrogens is 352 g/mol. The van der Waals surface area contributed by atoms with Crippen LogP contribution in [0, 0.1) is 10.1 Å². The van der Waals surface area contributed by atoms with E-state index >= 15 is 0 Å². The number of non-ortho nitro benzene ring substituents is 1. The lowest BCUT2D eigenvalue weighted by Gasteiger charge is -2.17. The van der Waals surface area contributed by atoms with Crippen LogP contribution in [0.5, 0.6) is 0 Å². The van der Waals surface area contributed by atoms with Crippen LogP contribution in [0.3, 0.4) is 0 Å². The summed E-state index contributed by atoms with van der Waals surface area (Å²) in [6.45, 7) is 0. The molecule has 24 heavy (non-hydrogen) atoms. The Morgan fingerprint density at radius 3 is 2.75 bits per heavy atom. The lowest BCUT2D eigenvalue weighted by molar-refractivity contribution is -0.384. The molecule has 0 spiro atoms. The molecular formula is C15H15ClN4O3S. The van der Waals surface area contributed by atoms with Gasteiger partial charge in [-0.2, -0.15) is 4.98 Å². The molecule has 1 fully saturated rings. The Kier molecular flexibility index (Phi) is 4.29. The topological polar surface area (TPSA) is 108 Å². The number of benzene rings is 1. The van der Waals surface area contributed by atoms with Crippen molar-refractivity contribution in [1.82, 2.24) is 10.1 Å². The highest BCUT2D eigenvalue weighted by molar-refractivity contribution is 7.22. The Hall–Kier alpha value is -2.03. The molecule has 9 heteroatoms. The molecule has 126 valence electrons. The van der Waals surface area contributed by atoms with Crippen LogP contribution in [-0.2, 0) is 5.54 Å². The van der Waals surface area contributed by atoms with Crippen molar-refractivity contribution in [2.24, 2.45) is 5.73 Å². The molecule has 1 aliphatic rings. The van der Waals surface area contributed by atoms with Crippen molar-refractivity contribution in [3.05, 3.63) is 40.2 Å². The van der Waals surface area contributed by atoms with Crippen molar-refractivity contribution < 1.29 is 9.45 Å². The van der Waals surface area contributed by atoms with Crippen LogP contribution in [0.25, 0.3) is 20.9 Å². The normalized spacial score (nSPS) is 16.2. The minimum absolute atomic E-state index is 0. The van der Waals surface area contributed by atoms with Gasteiger partial charge in [-0.1, -0.05) is 18.0 Å². The monoisotopic (exact) mass is 366 g/mol. The Balaban J connectivity index is 0.00000169. The standard InChI is InChI=1S/C15H14N4O3S.ClH/c16-15(5-1-2-6-15)14-17-13(22-18-14)12-8-9-7-10(19(20)21)3-4-11(9)23-12;/h3-4,7-8H,1-2,5-6,16H2;1H. The molecule has 0 bridgehead atoms. The number of rotatable bonds is 3. The van der Waals surface area contributed by atoms with Crippen molar-refractivity contribution in [2.75, 3.05) is 0 Å². The lowest BCUT2D eigenvalue weighted by atomic mass is 9.99. The summed E-state index contributed by atoms with van der Waals surface area (Å²) >= 11 is 1.47. The Morgan fingerprint density at radius 2 is 2.04 bits per heavy atom. The fourth-order valence-corrected chi connectivity index (χ4v) is 3.97. The van der Waals surface area contributed by atoms with Crippen molar-refractivity contribution in [3.8, 4) is 10.8 Å². The third-order valence-corrected chi connectivity index (χ3v) is 5.39. The van der Waals surface area contributed by atoms with Crippen LogP contribution in [0.1, 0.15) is 31.5 Å². The predicted octanol–water partition coefficient (Wildman–Crippen LogP) is 4.01. The quantitative estimate of drug-likeness (QED) is 0.554. The molecule has 7 nitrogen and oxygen atoms in total. The summed E-state index contributed by atoms with van der Waals surface area (Å²) in [6.07, 6.45) is 3.88. The lowest BCUT2D eigenvalue weighted by Crippen LogP contribution is -2.34. The highest BCUT2D eigenvalue weighted by atomic mass is 35.5. The summed E-state index contributed by atoms with van der Waals surface area (Å²) in [5.74, 6) is 0.967. The molecule has 0 saturated heterocycles. The summed E-state index contributed by atoms with van der Waals surface area (Å²) in [7, 11) is 0. The molecule has 0 radical (unpaired) electrons. The predicted molar refractivity (Wildman–Crippen MR) is 93.4 cm³/mol. The van der Waals surface area contributed by atoms with Gasteiger partial charge in [-0.05, 0) is 25.0 Å². The summed E-state index contributed by atoms with van der Waals surface area (Å²) in [5.41, 5.74) is 5.92. The number of nitrogens with zero attached hydrogens (tertiary/aromatic N) is 3. The molecule has 1 aromatic carbocycles. The molecule has 0 unspecified atom stereocenters. The van der Waals surface area contributed by atoms with E-state index in [0.717, 1.165) is 40.6 Å². The van der Waals surface area contributed by atoms with Gasteiger partial charge in [0.2, 0.25) is 0 Å². The van der Waals surface area contributed by atoms with Crippen molar-refractivity contribution in [2.45, 2.75) is 31.2 Å². The van der Waals surface area contributed by atoms with Crippen LogP contribution >= 0.6 is 23.7 Å². The van der Waals surface area contributed by atoms with Crippen LogP contribution in [0.15, 0.2) is 28.8 Å². The fraction of sp³-hybridized carbons (Fsp3) is 0.333. The highest BCUT2D eigenvalue weighted by Crippen LogP contribution is 2.38. The van der Waals surface area contributed by atoms with E-state index in [4.69, 9.17) is 10.3 Å². The van der Waals surface area contributed by atoms with E-state index in [1.54, 1.807) is 12.1 Å². The Bertz CT molecular complexity index is 901. The second-order valence-corrected chi connectivity index (χ2v) is 6.96. The van der Waals surface area contributed by atoms with E-state index in [2.05, 4.69) is 10.1 Å². The first kappa shape index (κ1) is 16.8. The van der Waals surface area contributed by atoms with E-state index in [0.29, 0.717) is 11.7 Å². The van der Waals surface area contributed by atoms with E-state index in [-0.39, 0.29) is 18.1 Å². The van der Waals surface area contributed by atoms with Gasteiger partial charge in [0.15, 0.2) is 5.82 Å². The first-order valence-corrected chi connectivity index (χ1v) is 8.18. The SMILES string of the molecule is Cl.NC1(c2noc(-c3cc4cc([N+](=O)[O-])ccc4s3)n2)CCCC1. The second kappa shape index (κ2) is 6.12. The number of hydrogen-bond acceptors (Lipinski definition) is 7. The molecule has 1 saturated carbocycles. The average Bonchev–Trinajstić information content (AvgIpc) is 3.25. The molecule has 0 atom stereocenters. The van der Waals surface area contributed by atoms with Gasteiger partial charge >= 0.3 is 0 Å². The second-order valence-electron chi connectivity index (χ2n) is 5.88. The van der Waals surface area contributed by atoms with Crippen molar-refractivity contribution in [1.29, 1.82) is 0 Å². The van der Waals surface area contributed by atoms with Crippen molar-refractivity contribution >= 4 is 39.5 Å². The number of hydrogen-bond donors (Lipinski definition) is 1. The van der Waals surface area contributed by atoms with E-state index in [9.17, 15) is 10.1 Å². The van der Waals surface area contributed by atoms with Crippen LogP contribution in [0.4, 0.5) is 5.69 Å². The molecule has 3 aromatic rings. The number of fused-ring (bicyclic) bond motifs is 1. The number of aromatic nitrogens is 2. The van der Waals surface area contributed by atoms with Crippen LogP contribution in [0.2, 0.25) is 0 Å². The van der Waals surface area contributed by atoms with Gasteiger partial charge < -0.3 is 10.3 Å². The summed E-state index contributed by atoms with van der Waals surface area (Å²) in [5, 5.41) is 15.7. The highest BCUT2D eigenvalue weighted by Gasteiger charge is 2.36. The maximum absolute atomic E-state index is 10.9. The number of thiophene rings is 1. The van der Waals surface area contributed by atoms with E-state index in [1.807, 2.05) is 6.07 Å². The number of halogens is 1. The minimum Gasteiger partial charge on any atom is -0.333 e. The summed E-state index contributed by atoms with van der Waals surface area (Å²) < 4.78 is 6.31. The van der Waals surface area contributed by atoms with E-state index < -0.39 is 10.5 Å². The molecule has 0 amide bonds. The summed E-state index contributed by atoms with van der Waals surface area (Å²) in [6, 6.07) is 6.62. The van der Waals surface area contributed by atoms with Gasteiger partial charge in [-0.3, -0.25) is 10.1 Å². The van der Waals surface area contributed by atoms with Gasteiger partial charge in [0.1, 0.15) is 0 Å². The number of nitrogens with two attached hydrogens (primary N) is 1. The fourth-order valence-electron chi connectivity index (χ4n) is 3.01. The maximum Gasteiger partial charge on any atom is 0.270 e. The average molecular weight is 367 g/mol.